The van der Waals surface area contributed by atoms with Gasteiger partial charge < -0.3 is 0 Å². The maximum Gasteiger partial charge on any atom is 0.265 e. The van der Waals surface area contributed by atoms with E-state index in [9.17, 15) is 12.8 Å². The van der Waals surface area contributed by atoms with Gasteiger partial charge in [-0.1, -0.05) is 11.6 Å². The van der Waals surface area contributed by atoms with Gasteiger partial charge in [0.15, 0.2) is 0 Å². The molecule has 0 N–H and O–H groups in total. The Bertz CT molecular complexity index is 814. The fourth-order valence-corrected chi connectivity index (χ4v) is 3.43. The van der Waals surface area contributed by atoms with Crippen LogP contribution in [0, 0.1) is 17.1 Å². The first-order chi connectivity index (χ1) is 9.86. The molecule has 0 bridgehead atoms. The molecule has 4 nitrogen and oxygen atoms in total. The summed E-state index contributed by atoms with van der Waals surface area (Å²) < 4.78 is 38.9. The maximum atomic E-state index is 12.9. The smallest absolute Gasteiger partial charge is 0.265 e. The minimum atomic E-state index is -3.89. The van der Waals surface area contributed by atoms with Crippen LogP contribution < -0.4 is 4.31 Å². The number of nitrogens with zero attached hydrogens (tertiary/aromatic N) is 2. The summed E-state index contributed by atoms with van der Waals surface area (Å²) in [6.45, 7) is 0. The topological polar surface area (TPSA) is 61.2 Å². The van der Waals surface area contributed by atoms with Crippen molar-refractivity contribution in [3.05, 3.63) is 58.9 Å². The van der Waals surface area contributed by atoms with Crippen molar-refractivity contribution in [2.24, 2.45) is 0 Å². The van der Waals surface area contributed by atoms with Crippen molar-refractivity contribution in [3.63, 3.8) is 0 Å². The summed E-state index contributed by atoms with van der Waals surface area (Å²) in [4.78, 5) is -0.116. The quantitative estimate of drug-likeness (QED) is 0.871. The zero-order chi connectivity index (χ0) is 15.6. The maximum absolute atomic E-state index is 12.9. The van der Waals surface area contributed by atoms with Gasteiger partial charge in [-0.2, -0.15) is 5.26 Å². The molecule has 0 amide bonds. The third kappa shape index (κ3) is 2.99. The zero-order valence-corrected chi connectivity index (χ0v) is 12.5. The largest absolute Gasteiger partial charge is 0.269 e. The Morgan fingerprint density at radius 1 is 1.19 bits per heavy atom. The number of anilines is 1. The summed E-state index contributed by atoms with van der Waals surface area (Å²) in [5.41, 5.74) is 0.570. The van der Waals surface area contributed by atoms with Crippen molar-refractivity contribution in [1.82, 2.24) is 0 Å². The highest BCUT2D eigenvalue weighted by molar-refractivity contribution is 7.93. The lowest BCUT2D eigenvalue weighted by molar-refractivity contribution is 0.594. The van der Waals surface area contributed by atoms with Crippen LogP contribution in [0.2, 0.25) is 5.02 Å². The number of hydrogen-bond acceptors (Lipinski definition) is 3. The van der Waals surface area contributed by atoms with E-state index < -0.39 is 15.8 Å². The highest BCUT2D eigenvalue weighted by Crippen LogP contribution is 2.28. The van der Waals surface area contributed by atoms with E-state index in [0.29, 0.717) is 5.69 Å². The van der Waals surface area contributed by atoms with Crippen LogP contribution in [0.1, 0.15) is 5.56 Å². The molecule has 0 fully saturated rings. The lowest BCUT2D eigenvalue weighted by Crippen LogP contribution is -2.26. The van der Waals surface area contributed by atoms with E-state index in [-0.39, 0.29) is 15.5 Å². The van der Waals surface area contributed by atoms with Crippen molar-refractivity contribution < 1.29 is 12.8 Å². The second kappa shape index (κ2) is 5.72. The third-order valence-electron chi connectivity index (χ3n) is 2.89. The summed E-state index contributed by atoms with van der Waals surface area (Å²) in [6.07, 6.45) is 0. The van der Waals surface area contributed by atoms with E-state index in [2.05, 4.69) is 0 Å². The molecule has 0 saturated carbocycles. The van der Waals surface area contributed by atoms with Crippen LogP contribution in [0.4, 0.5) is 10.1 Å². The number of nitriles is 1. The van der Waals surface area contributed by atoms with Gasteiger partial charge in [-0.05, 0) is 42.5 Å². The van der Waals surface area contributed by atoms with Gasteiger partial charge in [0.2, 0.25) is 0 Å². The average Bonchev–Trinajstić information content (AvgIpc) is 2.46. The molecule has 0 heterocycles. The van der Waals surface area contributed by atoms with Crippen molar-refractivity contribution in [2.45, 2.75) is 4.90 Å². The molecule has 2 aromatic rings. The van der Waals surface area contributed by atoms with Gasteiger partial charge in [-0.15, -0.1) is 0 Å². The molecule has 108 valence electrons. The molecule has 0 atom stereocenters. The monoisotopic (exact) mass is 324 g/mol. The Kier molecular flexibility index (Phi) is 4.16. The molecule has 0 spiro atoms. The molecule has 2 aromatic carbocycles. The Morgan fingerprint density at radius 2 is 1.81 bits per heavy atom. The normalized spacial score (nSPS) is 11.0. The molecule has 0 aromatic heterocycles. The predicted molar refractivity (Wildman–Crippen MR) is 78.2 cm³/mol. The molecular formula is C14H10ClFN2O2S. The van der Waals surface area contributed by atoms with Gasteiger partial charge in [0.1, 0.15) is 10.7 Å². The molecule has 0 saturated heterocycles. The Balaban J connectivity index is 2.47. The molecule has 21 heavy (non-hydrogen) atoms. The standard InChI is InChI=1S/C14H10ClFN2O2S/c1-18(12-5-3-11(16)4-6-12)21(19,20)14-7-2-10(9-17)8-13(14)15/h2-8H,1H3. The lowest BCUT2D eigenvalue weighted by Gasteiger charge is -2.20. The number of benzene rings is 2. The van der Waals surface area contributed by atoms with Crippen molar-refractivity contribution in [3.8, 4) is 6.07 Å². The number of hydrogen-bond donors (Lipinski definition) is 0. The second-order valence-corrected chi connectivity index (χ2v) is 6.55. The minimum absolute atomic E-state index is 0.0389. The summed E-state index contributed by atoms with van der Waals surface area (Å²) in [5.74, 6) is -0.457. The van der Waals surface area contributed by atoms with Gasteiger partial charge in [0, 0.05) is 7.05 Å². The van der Waals surface area contributed by atoms with Gasteiger partial charge in [0.05, 0.1) is 22.3 Å². The molecule has 0 radical (unpaired) electrons. The summed E-state index contributed by atoms with van der Waals surface area (Å²) >= 11 is 5.93. The molecular weight excluding hydrogens is 315 g/mol. The van der Waals surface area contributed by atoms with E-state index in [1.807, 2.05) is 6.07 Å². The Morgan fingerprint density at radius 3 is 2.33 bits per heavy atom. The number of rotatable bonds is 3. The first-order valence-electron chi connectivity index (χ1n) is 5.80. The van der Waals surface area contributed by atoms with Crippen LogP contribution >= 0.6 is 11.6 Å². The zero-order valence-electron chi connectivity index (χ0n) is 10.9. The van der Waals surface area contributed by atoms with Crippen LogP contribution in [-0.2, 0) is 10.0 Å². The number of halogens is 2. The Hall–Kier alpha value is -2.10. The molecule has 7 heteroatoms. The molecule has 0 aliphatic carbocycles. The van der Waals surface area contributed by atoms with Gasteiger partial charge in [-0.25, -0.2) is 12.8 Å². The molecule has 0 aliphatic heterocycles. The van der Waals surface area contributed by atoms with Gasteiger partial charge in [-0.3, -0.25) is 4.31 Å². The SMILES string of the molecule is CN(c1ccc(F)cc1)S(=O)(=O)c1ccc(C#N)cc1Cl. The first-order valence-corrected chi connectivity index (χ1v) is 7.62. The van der Waals surface area contributed by atoms with Crippen molar-refractivity contribution in [1.29, 1.82) is 5.26 Å². The van der Waals surface area contributed by atoms with Crippen molar-refractivity contribution in [2.75, 3.05) is 11.4 Å². The lowest BCUT2D eigenvalue weighted by atomic mass is 10.2. The fourth-order valence-electron chi connectivity index (χ4n) is 1.72. The van der Waals surface area contributed by atoms with Crippen molar-refractivity contribution >= 4 is 27.3 Å². The van der Waals surface area contributed by atoms with Gasteiger partial charge in [0.25, 0.3) is 10.0 Å². The summed E-state index contributed by atoms with van der Waals surface area (Å²) in [7, 11) is -2.55. The second-order valence-electron chi connectivity index (χ2n) is 4.21. The van der Waals surface area contributed by atoms with Crippen LogP contribution in [0.5, 0.6) is 0 Å². The van der Waals surface area contributed by atoms with E-state index in [1.165, 1.54) is 49.5 Å². The van der Waals surface area contributed by atoms with E-state index in [0.717, 1.165) is 4.31 Å². The van der Waals surface area contributed by atoms with E-state index in [1.54, 1.807) is 0 Å². The highest BCUT2D eigenvalue weighted by atomic mass is 35.5. The highest BCUT2D eigenvalue weighted by Gasteiger charge is 2.24. The van der Waals surface area contributed by atoms with Gasteiger partial charge >= 0.3 is 0 Å². The molecule has 0 aliphatic rings. The number of sulfonamides is 1. The summed E-state index contributed by atoms with van der Waals surface area (Å²) in [5, 5.41) is 8.73. The third-order valence-corrected chi connectivity index (χ3v) is 5.16. The predicted octanol–water partition coefficient (Wildman–Crippen LogP) is 3.18. The van der Waals surface area contributed by atoms with Crippen LogP contribution in [0.3, 0.4) is 0 Å². The van der Waals surface area contributed by atoms with Crippen LogP contribution in [0.25, 0.3) is 0 Å². The van der Waals surface area contributed by atoms with Crippen LogP contribution in [-0.4, -0.2) is 15.5 Å². The average molecular weight is 325 g/mol. The van der Waals surface area contributed by atoms with E-state index in [4.69, 9.17) is 16.9 Å². The Labute approximate surface area is 127 Å². The fraction of sp³-hybridized carbons (Fsp3) is 0.0714. The molecule has 2 rings (SSSR count). The molecule has 0 unspecified atom stereocenters. The first kappa shape index (κ1) is 15.3. The minimum Gasteiger partial charge on any atom is -0.269 e. The van der Waals surface area contributed by atoms with E-state index >= 15 is 0 Å². The summed E-state index contributed by atoms with van der Waals surface area (Å²) in [6, 6.07) is 10.9. The van der Waals surface area contributed by atoms with Crippen LogP contribution in [0.15, 0.2) is 47.4 Å².